The van der Waals surface area contributed by atoms with Gasteiger partial charge in [-0.05, 0) is 38.5 Å². The monoisotopic (exact) mass is 294 g/mol. The number of rotatable bonds is 9. The molecule has 0 heterocycles. The lowest BCUT2D eigenvalue weighted by Crippen LogP contribution is -2.33. The molecule has 1 unspecified atom stereocenters. The van der Waals surface area contributed by atoms with Crippen LogP contribution in [0.2, 0.25) is 0 Å². The highest BCUT2D eigenvalue weighted by Crippen LogP contribution is 2.17. The number of ether oxygens (including phenoxy) is 2. The molecule has 1 rings (SSSR count). The predicted molar refractivity (Wildman–Crippen MR) is 84.2 cm³/mol. The lowest BCUT2D eigenvalue weighted by Gasteiger charge is -2.21. The van der Waals surface area contributed by atoms with E-state index in [0.29, 0.717) is 19.8 Å². The van der Waals surface area contributed by atoms with Crippen LogP contribution in [0.3, 0.4) is 0 Å². The quantitative estimate of drug-likeness (QED) is 0.688. The van der Waals surface area contributed by atoms with Gasteiger partial charge < -0.3 is 20.1 Å². The lowest BCUT2D eigenvalue weighted by atomic mass is 10.1. The Morgan fingerprint density at radius 1 is 1.24 bits per heavy atom. The summed E-state index contributed by atoms with van der Waals surface area (Å²) in [5.74, 6) is -0.0690. The largest absolute Gasteiger partial charge is 0.352 e. The van der Waals surface area contributed by atoms with Gasteiger partial charge in [-0.1, -0.05) is 12.1 Å². The molecule has 1 atom stereocenters. The van der Waals surface area contributed by atoms with E-state index in [0.717, 1.165) is 11.3 Å². The number of carbonyl (C=O) groups excluding carboxylic acids is 1. The van der Waals surface area contributed by atoms with Crippen molar-refractivity contribution in [1.82, 2.24) is 5.32 Å². The van der Waals surface area contributed by atoms with Gasteiger partial charge in [0.2, 0.25) is 5.91 Å². The number of amides is 1. The molecule has 1 aromatic carbocycles. The predicted octanol–water partition coefficient (Wildman–Crippen LogP) is 2.69. The normalized spacial score (nSPS) is 12.4. The molecule has 0 aliphatic rings. The number of carbonyl (C=O) groups is 1. The van der Waals surface area contributed by atoms with Crippen molar-refractivity contribution in [2.24, 2.45) is 0 Å². The summed E-state index contributed by atoms with van der Waals surface area (Å²) in [4.78, 5) is 11.1. The Morgan fingerprint density at radius 3 is 2.48 bits per heavy atom. The molecule has 0 fully saturated rings. The molecule has 0 saturated heterocycles. The fraction of sp³-hybridized carbons (Fsp3) is 0.562. The SMILES string of the molecule is CCOC(CNC(C)c1cccc(NC(C)=O)c1)OCC. The van der Waals surface area contributed by atoms with Gasteiger partial charge in [-0.15, -0.1) is 0 Å². The molecule has 0 bridgehead atoms. The molecule has 0 radical (unpaired) electrons. The minimum atomic E-state index is -0.235. The van der Waals surface area contributed by atoms with Crippen LogP contribution in [0.25, 0.3) is 0 Å². The molecule has 21 heavy (non-hydrogen) atoms. The molecule has 1 amide bonds. The molecule has 0 saturated carbocycles. The van der Waals surface area contributed by atoms with Crippen LogP contribution in [0.15, 0.2) is 24.3 Å². The Hall–Kier alpha value is -1.43. The van der Waals surface area contributed by atoms with E-state index in [1.165, 1.54) is 6.92 Å². The van der Waals surface area contributed by atoms with Gasteiger partial charge >= 0.3 is 0 Å². The zero-order valence-electron chi connectivity index (χ0n) is 13.3. The van der Waals surface area contributed by atoms with E-state index in [9.17, 15) is 4.79 Å². The third-order valence-corrected chi connectivity index (χ3v) is 3.00. The van der Waals surface area contributed by atoms with Crippen molar-refractivity contribution >= 4 is 11.6 Å². The van der Waals surface area contributed by atoms with Gasteiger partial charge in [0.05, 0.1) is 0 Å². The summed E-state index contributed by atoms with van der Waals surface area (Å²) in [6.07, 6.45) is -0.235. The van der Waals surface area contributed by atoms with Gasteiger partial charge in [0.25, 0.3) is 0 Å². The van der Waals surface area contributed by atoms with E-state index in [1.807, 2.05) is 38.1 Å². The van der Waals surface area contributed by atoms with Gasteiger partial charge in [-0.2, -0.15) is 0 Å². The first-order valence-corrected chi connectivity index (χ1v) is 7.40. The Kier molecular flexibility index (Phi) is 7.97. The molecular formula is C16H26N2O3. The van der Waals surface area contributed by atoms with Crippen LogP contribution < -0.4 is 10.6 Å². The Labute approximate surface area is 127 Å². The Balaban J connectivity index is 2.57. The van der Waals surface area contributed by atoms with Crippen LogP contribution >= 0.6 is 0 Å². The van der Waals surface area contributed by atoms with Crippen molar-refractivity contribution in [3.05, 3.63) is 29.8 Å². The van der Waals surface area contributed by atoms with Crippen molar-refractivity contribution in [2.75, 3.05) is 25.1 Å². The maximum Gasteiger partial charge on any atom is 0.221 e. The van der Waals surface area contributed by atoms with E-state index in [4.69, 9.17) is 9.47 Å². The zero-order chi connectivity index (χ0) is 15.7. The standard InChI is InChI=1S/C16H26N2O3/c1-5-20-16(21-6-2)11-17-12(3)14-8-7-9-15(10-14)18-13(4)19/h7-10,12,16-17H,5-6,11H2,1-4H3,(H,18,19). The molecule has 0 aliphatic carbocycles. The molecule has 5 heteroatoms. The fourth-order valence-corrected chi connectivity index (χ4v) is 2.02. The fourth-order valence-electron chi connectivity index (χ4n) is 2.02. The molecule has 0 aromatic heterocycles. The average molecular weight is 294 g/mol. The summed E-state index contributed by atoms with van der Waals surface area (Å²) in [5, 5.41) is 6.18. The minimum absolute atomic E-state index is 0.0690. The van der Waals surface area contributed by atoms with Crippen LogP contribution in [0.4, 0.5) is 5.69 Å². The summed E-state index contributed by atoms with van der Waals surface area (Å²) in [6, 6.07) is 7.94. The van der Waals surface area contributed by atoms with Crippen LogP contribution in [-0.2, 0) is 14.3 Å². The van der Waals surface area contributed by atoms with Crippen molar-refractivity contribution in [2.45, 2.75) is 40.0 Å². The first kappa shape index (κ1) is 17.6. The number of anilines is 1. The molecule has 1 aromatic rings. The first-order valence-electron chi connectivity index (χ1n) is 7.40. The second-order valence-corrected chi connectivity index (χ2v) is 4.78. The van der Waals surface area contributed by atoms with Crippen molar-refractivity contribution in [3.63, 3.8) is 0 Å². The summed E-state index contributed by atoms with van der Waals surface area (Å²) < 4.78 is 11.0. The van der Waals surface area contributed by atoms with Gasteiger partial charge in [0, 0.05) is 38.4 Å². The number of nitrogens with one attached hydrogen (secondary N) is 2. The third-order valence-electron chi connectivity index (χ3n) is 3.00. The van der Waals surface area contributed by atoms with E-state index in [2.05, 4.69) is 17.6 Å². The minimum Gasteiger partial charge on any atom is -0.352 e. The van der Waals surface area contributed by atoms with Crippen LogP contribution in [-0.4, -0.2) is 32.0 Å². The highest BCUT2D eigenvalue weighted by molar-refractivity contribution is 5.88. The van der Waals surface area contributed by atoms with Crippen LogP contribution in [0.5, 0.6) is 0 Å². The summed E-state index contributed by atoms with van der Waals surface area (Å²) in [5.41, 5.74) is 1.91. The second kappa shape index (κ2) is 9.50. The van der Waals surface area contributed by atoms with Crippen LogP contribution in [0.1, 0.15) is 39.3 Å². The average Bonchev–Trinajstić information content (AvgIpc) is 2.44. The van der Waals surface area contributed by atoms with Crippen molar-refractivity contribution < 1.29 is 14.3 Å². The lowest BCUT2D eigenvalue weighted by molar-refractivity contribution is -0.133. The van der Waals surface area contributed by atoms with Gasteiger partial charge in [0.1, 0.15) is 0 Å². The topological polar surface area (TPSA) is 59.6 Å². The van der Waals surface area contributed by atoms with E-state index >= 15 is 0 Å². The summed E-state index contributed by atoms with van der Waals surface area (Å²) in [7, 11) is 0. The Morgan fingerprint density at radius 2 is 1.90 bits per heavy atom. The van der Waals surface area contributed by atoms with E-state index < -0.39 is 0 Å². The van der Waals surface area contributed by atoms with Gasteiger partial charge in [-0.25, -0.2) is 0 Å². The Bertz CT molecular complexity index is 431. The second-order valence-electron chi connectivity index (χ2n) is 4.78. The molecule has 0 spiro atoms. The molecular weight excluding hydrogens is 268 g/mol. The van der Waals surface area contributed by atoms with Gasteiger partial charge in [0.15, 0.2) is 6.29 Å². The summed E-state index contributed by atoms with van der Waals surface area (Å²) >= 11 is 0. The zero-order valence-corrected chi connectivity index (χ0v) is 13.3. The number of benzene rings is 1. The maximum absolute atomic E-state index is 11.1. The van der Waals surface area contributed by atoms with E-state index in [-0.39, 0.29) is 18.2 Å². The third kappa shape index (κ3) is 6.71. The molecule has 2 N–H and O–H groups in total. The van der Waals surface area contributed by atoms with Crippen LogP contribution in [0, 0.1) is 0 Å². The molecule has 118 valence electrons. The smallest absolute Gasteiger partial charge is 0.221 e. The highest BCUT2D eigenvalue weighted by atomic mass is 16.7. The number of hydrogen-bond acceptors (Lipinski definition) is 4. The van der Waals surface area contributed by atoms with Gasteiger partial charge in [-0.3, -0.25) is 4.79 Å². The highest BCUT2D eigenvalue weighted by Gasteiger charge is 2.11. The molecule has 5 nitrogen and oxygen atoms in total. The molecule has 0 aliphatic heterocycles. The number of hydrogen-bond donors (Lipinski definition) is 2. The van der Waals surface area contributed by atoms with Crippen molar-refractivity contribution in [1.29, 1.82) is 0 Å². The summed E-state index contributed by atoms with van der Waals surface area (Å²) in [6.45, 7) is 9.34. The van der Waals surface area contributed by atoms with Crippen molar-refractivity contribution in [3.8, 4) is 0 Å². The first-order chi connectivity index (χ1) is 10.1. The van der Waals surface area contributed by atoms with E-state index in [1.54, 1.807) is 0 Å². The maximum atomic E-state index is 11.1.